The van der Waals surface area contributed by atoms with E-state index in [1.807, 2.05) is 13.0 Å². The van der Waals surface area contributed by atoms with E-state index in [0.717, 1.165) is 62.0 Å². The van der Waals surface area contributed by atoms with Gasteiger partial charge in [-0.1, -0.05) is 105 Å². The summed E-state index contributed by atoms with van der Waals surface area (Å²) in [5.41, 5.74) is 6.95. The number of hydrogen-bond acceptors (Lipinski definition) is 3. The average molecular weight is 522 g/mol. The molecule has 39 heavy (non-hydrogen) atoms. The maximum absolute atomic E-state index is 10.1. The van der Waals surface area contributed by atoms with Crippen molar-refractivity contribution in [2.45, 2.75) is 78.4 Å². The van der Waals surface area contributed by atoms with E-state index >= 15 is 0 Å². The van der Waals surface area contributed by atoms with Gasteiger partial charge in [0.15, 0.2) is 0 Å². The minimum absolute atomic E-state index is 0.370. The molecule has 1 N–H and O–H groups in total. The zero-order valence-electron chi connectivity index (χ0n) is 23.6. The van der Waals surface area contributed by atoms with Crippen LogP contribution in [0.4, 0.5) is 0 Å². The Morgan fingerprint density at radius 3 is 2.23 bits per heavy atom. The van der Waals surface area contributed by atoms with E-state index in [-0.39, 0.29) is 0 Å². The van der Waals surface area contributed by atoms with Crippen molar-refractivity contribution in [1.82, 2.24) is 14.5 Å². The second-order valence-electron chi connectivity index (χ2n) is 11.3. The second kappa shape index (κ2) is 13.1. The molecule has 1 aliphatic carbocycles. The predicted octanol–water partition coefficient (Wildman–Crippen LogP) is 8.61. The van der Waals surface area contributed by atoms with Crippen LogP contribution in [0.2, 0.25) is 0 Å². The molecule has 0 bridgehead atoms. The van der Waals surface area contributed by atoms with Crippen molar-refractivity contribution in [1.29, 1.82) is 0 Å². The highest BCUT2D eigenvalue weighted by atomic mass is 16.3. The van der Waals surface area contributed by atoms with Gasteiger partial charge >= 0.3 is 0 Å². The first-order valence-corrected chi connectivity index (χ1v) is 14.8. The van der Waals surface area contributed by atoms with Crippen molar-refractivity contribution >= 4 is 0 Å². The fourth-order valence-electron chi connectivity index (χ4n) is 6.04. The summed E-state index contributed by atoms with van der Waals surface area (Å²) in [5, 5.41) is 10.1. The molecule has 0 aliphatic heterocycles. The topological polar surface area (TPSA) is 41.3 Å². The Morgan fingerprint density at radius 1 is 0.872 bits per heavy atom. The fourth-order valence-corrected chi connectivity index (χ4v) is 6.04. The number of aromatic hydroxyl groups is 1. The van der Waals surface area contributed by atoms with Crippen molar-refractivity contribution in [2.24, 2.45) is 5.92 Å². The minimum atomic E-state index is 0.370. The molecule has 0 unspecified atom stereocenters. The molecule has 5 rings (SSSR count). The molecule has 0 amide bonds. The van der Waals surface area contributed by atoms with Gasteiger partial charge in [-0.05, 0) is 49.3 Å². The van der Waals surface area contributed by atoms with Crippen LogP contribution in [0.1, 0.15) is 68.7 Å². The molecule has 4 aromatic rings. The molecule has 204 valence electrons. The summed E-state index contributed by atoms with van der Waals surface area (Å²) in [4.78, 5) is 7.98. The molecule has 1 aliphatic rings. The van der Waals surface area contributed by atoms with Crippen molar-refractivity contribution in [3.05, 3.63) is 95.7 Å². The Balaban J connectivity index is 1.57. The first-order chi connectivity index (χ1) is 19.1. The number of phenols is 1. The number of unbranched alkanes of at least 4 members (excludes halogenated alkanes) is 1. The van der Waals surface area contributed by atoms with Crippen LogP contribution in [0.5, 0.6) is 5.75 Å². The molecule has 3 aromatic carbocycles. The van der Waals surface area contributed by atoms with E-state index < -0.39 is 0 Å². The molecule has 1 heterocycles. The van der Waals surface area contributed by atoms with Crippen LogP contribution in [0.25, 0.3) is 22.6 Å². The standard InChI is InChI=1S/C35H43N3O/c1-3-4-22-38-32(34(30-16-10-6-11-17-30)36-35(38)31-18-12-7-13-19-31)26-37(24-28-14-8-5-9-15-28)25-29-20-21-33(39)27(2)23-29/h6-7,10-13,16-21,23,28,39H,3-5,8-9,14-15,22,24-26H2,1-2H3. The van der Waals surface area contributed by atoms with E-state index in [2.05, 4.69) is 89.2 Å². The van der Waals surface area contributed by atoms with Crippen LogP contribution in [0, 0.1) is 12.8 Å². The third kappa shape index (κ3) is 6.80. The molecular weight excluding hydrogens is 478 g/mol. The van der Waals surface area contributed by atoms with E-state index in [0.29, 0.717) is 5.75 Å². The van der Waals surface area contributed by atoms with Crippen LogP contribution in [-0.2, 0) is 19.6 Å². The normalized spacial score (nSPS) is 14.2. The number of imidazole rings is 1. The number of aromatic nitrogens is 2. The number of nitrogens with zero attached hydrogens (tertiary/aromatic N) is 3. The number of hydrogen-bond donors (Lipinski definition) is 1. The summed E-state index contributed by atoms with van der Waals surface area (Å²) in [6.07, 6.45) is 8.97. The van der Waals surface area contributed by atoms with Crippen LogP contribution < -0.4 is 0 Å². The van der Waals surface area contributed by atoms with E-state index in [9.17, 15) is 5.11 Å². The molecular formula is C35H43N3O. The van der Waals surface area contributed by atoms with Gasteiger partial charge in [-0.2, -0.15) is 0 Å². The Hall–Kier alpha value is -3.37. The molecule has 1 fully saturated rings. The van der Waals surface area contributed by atoms with Gasteiger partial charge in [-0.3, -0.25) is 4.90 Å². The van der Waals surface area contributed by atoms with Crippen LogP contribution in [-0.4, -0.2) is 26.1 Å². The molecule has 1 saturated carbocycles. The SMILES string of the molecule is CCCCn1c(-c2ccccc2)nc(-c2ccccc2)c1CN(Cc1ccc(O)c(C)c1)CC1CCCCC1. The van der Waals surface area contributed by atoms with Gasteiger partial charge < -0.3 is 9.67 Å². The summed E-state index contributed by atoms with van der Waals surface area (Å²) < 4.78 is 2.50. The van der Waals surface area contributed by atoms with Crippen LogP contribution in [0.3, 0.4) is 0 Å². The summed E-state index contributed by atoms with van der Waals surface area (Å²) in [7, 11) is 0. The fraction of sp³-hybridized carbons (Fsp3) is 0.400. The maximum atomic E-state index is 10.1. The lowest BCUT2D eigenvalue weighted by atomic mass is 9.88. The van der Waals surface area contributed by atoms with Gasteiger partial charge in [0, 0.05) is 37.3 Å². The summed E-state index contributed by atoms with van der Waals surface area (Å²) in [6, 6.07) is 27.4. The summed E-state index contributed by atoms with van der Waals surface area (Å²) in [5.74, 6) is 2.17. The van der Waals surface area contributed by atoms with Gasteiger partial charge in [0.25, 0.3) is 0 Å². The molecule has 1 aromatic heterocycles. The third-order valence-electron chi connectivity index (χ3n) is 8.17. The summed E-state index contributed by atoms with van der Waals surface area (Å²) in [6.45, 7) is 8.03. The number of aryl methyl sites for hydroxylation is 1. The number of phenolic OH excluding ortho intramolecular Hbond substituents is 1. The van der Waals surface area contributed by atoms with Gasteiger partial charge in [0.2, 0.25) is 0 Å². The van der Waals surface area contributed by atoms with Crippen LogP contribution >= 0.6 is 0 Å². The monoisotopic (exact) mass is 521 g/mol. The van der Waals surface area contributed by atoms with Crippen molar-refractivity contribution in [3.63, 3.8) is 0 Å². The first-order valence-electron chi connectivity index (χ1n) is 14.8. The van der Waals surface area contributed by atoms with E-state index in [1.165, 1.54) is 54.5 Å². The minimum Gasteiger partial charge on any atom is -0.508 e. The smallest absolute Gasteiger partial charge is 0.140 e. The van der Waals surface area contributed by atoms with Gasteiger partial charge in [0.05, 0.1) is 11.4 Å². The highest BCUT2D eigenvalue weighted by Crippen LogP contribution is 2.33. The first kappa shape index (κ1) is 27.2. The van der Waals surface area contributed by atoms with Crippen LogP contribution in [0.15, 0.2) is 78.9 Å². The number of rotatable bonds is 11. The van der Waals surface area contributed by atoms with Gasteiger partial charge in [-0.25, -0.2) is 4.98 Å². The van der Waals surface area contributed by atoms with Crippen molar-refractivity contribution in [3.8, 4) is 28.4 Å². The largest absolute Gasteiger partial charge is 0.508 e. The Kier molecular flexibility index (Phi) is 9.15. The highest BCUT2D eigenvalue weighted by molar-refractivity contribution is 5.68. The zero-order chi connectivity index (χ0) is 27.0. The molecule has 0 radical (unpaired) electrons. The van der Waals surface area contributed by atoms with Crippen molar-refractivity contribution < 1.29 is 5.11 Å². The molecule has 0 spiro atoms. The molecule has 4 heteroatoms. The second-order valence-corrected chi connectivity index (χ2v) is 11.3. The van der Waals surface area contributed by atoms with E-state index in [1.54, 1.807) is 0 Å². The van der Waals surface area contributed by atoms with Gasteiger partial charge in [0.1, 0.15) is 11.6 Å². The lowest BCUT2D eigenvalue weighted by molar-refractivity contribution is 0.183. The zero-order valence-corrected chi connectivity index (χ0v) is 23.6. The lowest BCUT2D eigenvalue weighted by Crippen LogP contribution is -2.31. The molecule has 0 saturated heterocycles. The number of benzene rings is 3. The Labute approximate surface area is 234 Å². The average Bonchev–Trinajstić information content (AvgIpc) is 3.33. The van der Waals surface area contributed by atoms with Gasteiger partial charge in [-0.15, -0.1) is 0 Å². The van der Waals surface area contributed by atoms with E-state index in [4.69, 9.17) is 4.98 Å². The van der Waals surface area contributed by atoms with Crippen molar-refractivity contribution in [2.75, 3.05) is 6.54 Å². The molecule has 0 atom stereocenters. The Morgan fingerprint density at radius 2 is 1.56 bits per heavy atom. The maximum Gasteiger partial charge on any atom is 0.140 e. The quantitative estimate of drug-likeness (QED) is 0.215. The highest BCUT2D eigenvalue weighted by Gasteiger charge is 2.24. The third-order valence-corrected chi connectivity index (χ3v) is 8.17. The lowest BCUT2D eigenvalue weighted by Gasteiger charge is -2.30. The predicted molar refractivity (Wildman–Crippen MR) is 162 cm³/mol. The molecule has 4 nitrogen and oxygen atoms in total. The summed E-state index contributed by atoms with van der Waals surface area (Å²) >= 11 is 0. The Bertz CT molecular complexity index is 1320.